The third kappa shape index (κ3) is 0.899. The number of hydrogen-bond donors (Lipinski definition) is 0. The molecule has 11 heavy (non-hydrogen) atoms. The topological polar surface area (TPSA) is 52.3 Å². The molecule has 0 fully saturated rings. The zero-order valence-electron chi connectivity index (χ0n) is 5.93. The van der Waals surface area contributed by atoms with Gasteiger partial charge < -0.3 is 4.74 Å². The maximum atomic E-state index is 4.90. The second-order valence-corrected chi connectivity index (χ2v) is 2.01. The van der Waals surface area contributed by atoms with Gasteiger partial charge in [0.1, 0.15) is 6.33 Å². The van der Waals surface area contributed by atoms with Crippen LogP contribution in [0.1, 0.15) is 0 Å². The molecule has 2 rings (SSSR count). The first kappa shape index (κ1) is 6.09. The maximum absolute atomic E-state index is 4.90. The minimum atomic E-state index is 0.546. The Balaban J connectivity index is 2.67. The summed E-state index contributed by atoms with van der Waals surface area (Å²) in [7, 11) is 1.56. The van der Waals surface area contributed by atoms with Crippen LogP contribution in [0.3, 0.4) is 0 Å². The Morgan fingerprint density at radius 3 is 3.27 bits per heavy atom. The Hall–Kier alpha value is -1.65. The molecule has 5 heteroatoms. The largest absolute Gasteiger partial charge is 0.481 e. The Bertz CT molecular complexity index is 369. The van der Waals surface area contributed by atoms with Gasteiger partial charge in [-0.3, -0.25) is 4.40 Å². The lowest BCUT2D eigenvalue weighted by Crippen LogP contribution is -1.91. The van der Waals surface area contributed by atoms with Crippen LogP contribution in [0.25, 0.3) is 5.78 Å². The molecule has 0 amide bonds. The van der Waals surface area contributed by atoms with Crippen molar-refractivity contribution in [3.63, 3.8) is 0 Å². The predicted octanol–water partition coefficient (Wildman–Crippen LogP) is 0.133. The zero-order chi connectivity index (χ0) is 7.68. The molecule has 0 unspecified atom stereocenters. The summed E-state index contributed by atoms with van der Waals surface area (Å²) in [6.45, 7) is 0. The number of ether oxygens (including phenoxy) is 1. The Morgan fingerprint density at radius 2 is 2.45 bits per heavy atom. The summed E-state index contributed by atoms with van der Waals surface area (Å²) in [5, 5.41) is 7.42. The molecule has 0 radical (unpaired) electrons. The van der Waals surface area contributed by atoms with E-state index in [1.165, 1.54) is 0 Å². The number of fused-ring (bicyclic) bond motifs is 1. The molecule has 0 aliphatic heterocycles. The van der Waals surface area contributed by atoms with Gasteiger partial charge in [-0.25, -0.2) is 0 Å². The average molecular weight is 150 g/mol. The van der Waals surface area contributed by atoms with Crippen LogP contribution in [-0.2, 0) is 0 Å². The van der Waals surface area contributed by atoms with E-state index in [9.17, 15) is 0 Å². The Morgan fingerprint density at radius 1 is 1.55 bits per heavy atom. The minimum absolute atomic E-state index is 0.546. The van der Waals surface area contributed by atoms with Crippen molar-refractivity contribution in [1.29, 1.82) is 0 Å². The molecule has 0 saturated carbocycles. The molecule has 56 valence electrons. The Kier molecular flexibility index (Phi) is 1.21. The first-order chi connectivity index (χ1) is 5.40. The van der Waals surface area contributed by atoms with Gasteiger partial charge in [-0.15, -0.1) is 10.2 Å². The van der Waals surface area contributed by atoms with E-state index < -0.39 is 0 Å². The first-order valence-corrected chi connectivity index (χ1v) is 3.10. The van der Waals surface area contributed by atoms with Crippen LogP contribution >= 0.6 is 0 Å². The number of hydrogen-bond acceptors (Lipinski definition) is 4. The van der Waals surface area contributed by atoms with Gasteiger partial charge >= 0.3 is 0 Å². The molecule has 0 aliphatic carbocycles. The SMILES string of the molecule is COc1ccn2cnnc2n1. The van der Waals surface area contributed by atoms with Crippen molar-refractivity contribution < 1.29 is 4.74 Å². The summed E-state index contributed by atoms with van der Waals surface area (Å²) in [6, 6.07) is 1.75. The van der Waals surface area contributed by atoms with E-state index >= 15 is 0 Å². The number of methoxy groups -OCH3 is 1. The van der Waals surface area contributed by atoms with Crippen molar-refractivity contribution in [1.82, 2.24) is 19.6 Å². The number of rotatable bonds is 1. The standard InChI is InChI=1S/C6H6N4O/c1-11-5-2-3-10-4-7-9-6(10)8-5/h2-4H,1H3. The molecule has 0 aromatic carbocycles. The van der Waals surface area contributed by atoms with E-state index in [1.807, 2.05) is 0 Å². The van der Waals surface area contributed by atoms with E-state index in [4.69, 9.17) is 4.74 Å². The van der Waals surface area contributed by atoms with E-state index in [2.05, 4.69) is 15.2 Å². The summed E-state index contributed by atoms with van der Waals surface area (Å²) < 4.78 is 6.61. The molecule has 0 atom stereocenters. The molecular formula is C6H6N4O. The number of aromatic nitrogens is 4. The van der Waals surface area contributed by atoms with Gasteiger partial charge in [0, 0.05) is 12.3 Å². The van der Waals surface area contributed by atoms with E-state index in [-0.39, 0.29) is 0 Å². The van der Waals surface area contributed by atoms with Gasteiger partial charge in [0.15, 0.2) is 0 Å². The van der Waals surface area contributed by atoms with Gasteiger partial charge in [0.25, 0.3) is 5.78 Å². The second-order valence-electron chi connectivity index (χ2n) is 2.01. The summed E-state index contributed by atoms with van der Waals surface area (Å²) in [5.74, 6) is 1.09. The molecule has 0 spiro atoms. The van der Waals surface area contributed by atoms with E-state index in [0.717, 1.165) is 0 Å². The molecule has 2 heterocycles. The summed E-state index contributed by atoms with van der Waals surface area (Å²) >= 11 is 0. The highest BCUT2D eigenvalue weighted by molar-refractivity contribution is 5.28. The molecule has 0 bridgehead atoms. The van der Waals surface area contributed by atoms with Crippen LogP contribution in [-0.4, -0.2) is 26.7 Å². The van der Waals surface area contributed by atoms with Crippen LogP contribution in [0.15, 0.2) is 18.6 Å². The lowest BCUT2D eigenvalue weighted by atomic mass is 10.6. The van der Waals surface area contributed by atoms with Gasteiger partial charge in [-0.05, 0) is 0 Å². The third-order valence-electron chi connectivity index (χ3n) is 1.35. The van der Waals surface area contributed by atoms with Crippen molar-refractivity contribution in [3.8, 4) is 5.88 Å². The van der Waals surface area contributed by atoms with Crippen molar-refractivity contribution in [2.24, 2.45) is 0 Å². The predicted molar refractivity (Wildman–Crippen MR) is 37.3 cm³/mol. The molecule has 5 nitrogen and oxygen atoms in total. The second kappa shape index (κ2) is 2.19. The highest BCUT2D eigenvalue weighted by Gasteiger charge is 1.97. The van der Waals surface area contributed by atoms with E-state index in [0.29, 0.717) is 11.7 Å². The molecule has 0 N–H and O–H groups in total. The van der Waals surface area contributed by atoms with E-state index in [1.54, 1.807) is 30.1 Å². The first-order valence-electron chi connectivity index (χ1n) is 3.10. The monoisotopic (exact) mass is 150 g/mol. The molecule has 2 aromatic heterocycles. The Labute approximate surface area is 62.7 Å². The molecular weight excluding hydrogens is 144 g/mol. The molecule has 0 aliphatic rings. The normalized spacial score (nSPS) is 10.3. The number of nitrogens with zero attached hydrogens (tertiary/aromatic N) is 4. The average Bonchev–Trinajstić information content (AvgIpc) is 2.50. The van der Waals surface area contributed by atoms with Crippen LogP contribution in [0, 0.1) is 0 Å². The van der Waals surface area contributed by atoms with Gasteiger partial charge in [-0.2, -0.15) is 4.98 Å². The maximum Gasteiger partial charge on any atom is 0.258 e. The van der Waals surface area contributed by atoms with Crippen molar-refractivity contribution in [2.75, 3.05) is 7.11 Å². The van der Waals surface area contributed by atoms with Crippen molar-refractivity contribution >= 4 is 5.78 Å². The van der Waals surface area contributed by atoms with Gasteiger partial charge in [0.2, 0.25) is 5.88 Å². The van der Waals surface area contributed by atoms with Crippen molar-refractivity contribution in [3.05, 3.63) is 18.6 Å². The lowest BCUT2D eigenvalue weighted by molar-refractivity contribution is 0.398. The van der Waals surface area contributed by atoms with Crippen LogP contribution in [0.2, 0.25) is 0 Å². The molecule has 2 aromatic rings. The quantitative estimate of drug-likeness (QED) is 0.580. The highest BCUT2D eigenvalue weighted by atomic mass is 16.5. The van der Waals surface area contributed by atoms with Crippen LogP contribution in [0.4, 0.5) is 0 Å². The summed E-state index contributed by atoms with van der Waals surface area (Å²) in [4.78, 5) is 4.02. The summed E-state index contributed by atoms with van der Waals surface area (Å²) in [5.41, 5.74) is 0. The fourth-order valence-electron chi connectivity index (χ4n) is 0.815. The molecule has 0 saturated heterocycles. The highest BCUT2D eigenvalue weighted by Crippen LogP contribution is 2.04. The smallest absolute Gasteiger partial charge is 0.258 e. The fourth-order valence-corrected chi connectivity index (χ4v) is 0.815. The zero-order valence-corrected chi connectivity index (χ0v) is 5.93. The third-order valence-corrected chi connectivity index (χ3v) is 1.35. The minimum Gasteiger partial charge on any atom is -0.481 e. The van der Waals surface area contributed by atoms with Crippen LogP contribution in [0.5, 0.6) is 5.88 Å². The van der Waals surface area contributed by atoms with Crippen LogP contribution < -0.4 is 4.74 Å². The fraction of sp³-hybridized carbons (Fsp3) is 0.167. The lowest BCUT2D eigenvalue weighted by Gasteiger charge is -1.95. The van der Waals surface area contributed by atoms with Crippen molar-refractivity contribution in [2.45, 2.75) is 0 Å². The summed E-state index contributed by atoms with van der Waals surface area (Å²) in [6.07, 6.45) is 3.38. The van der Waals surface area contributed by atoms with Gasteiger partial charge in [0.05, 0.1) is 7.11 Å². The van der Waals surface area contributed by atoms with Gasteiger partial charge in [-0.1, -0.05) is 0 Å².